The lowest BCUT2D eigenvalue weighted by Gasteiger charge is -2.29. The first kappa shape index (κ1) is 29.3. The topological polar surface area (TPSA) is 77.9 Å². The summed E-state index contributed by atoms with van der Waals surface area (Å²) in [6, 6.07) is 7.31. The maximum absolute atomic E-state index is 14.8. The number of unbranched alkanes of at least 4 members (excludes halogenated alkanes) is 3. The number of carboxylic acid groups (broad SMARTS) is 1. The van der Waals surface area contributed by atoms with Crippen LogP contribution in [0.5, 0.6) is 5.75 Å². The Kier molecular flexibility index (Phi) is 10.2. The molecule has 0 aliphatic carbocycles. The summed E-state index contributed by atoms with van der Waals surface area (Å²) in [6.07, 6.45) is 11.0. The van der Waals surface area contributed by atoms with Gasteiger partial charge in [0.25, 0.3) is 0 Å². The van der Waals surface area contributed by atoms with Crippen molar-refractivity contribution in [3.63, 3.8) is 0 Å². The Morgan fingerprint density at radius 2 is 2.05 bits per heavy atom. The molecule has 4 rings (SSSR count). The predicted molar refractivity (Wildman–Crippen MR) is 153 cm³/mol. The zero-order valence-electron chi connectivity index (χ0n) is 24.0. The van der Waals surface area contributed by atoms with Gasteiger partial charge < -0.3 is 20.1 Å². The minimum absolute atomic E-state index is 0.0347. The second-order valence-corrected chi connectivity index (χ2v) is 11.5. The van der Waals surface area contributed by atoms with Crippen molar-refractivity contribution in [3.8, 4) is 5.75 Å². The summed E-state index contributed by atoms with van der Waals surface area (Å²) in [6.45, 7) is 6.26. The number of carboxylic acids is 1. The smallest absolute Gasteiger partial charge is 0.325 e. The third-order valence-corrected chi connectivity index (χ3v) is 8.48. The molecule has 0 amide bonds. The van der Waals surface area contributed by atoms with Crippen LogP contribution in [-0.4, -0.2) is 71.7 Å². The zero-order valence-corrected chi connectivity index (χ0v) is 24.0. The van der Waals surface area contributed by atoms with Crippen molar-refractivity contribution in [2.75, 3.05) is 39.1 Å². The van der Waals surface area contributed by atoms with Crippen molar-refractivity contribution in [2.24, 2.45) is 0 Å². The number of hydrogen-bond acceptors (Lipinski definition) is 6. The van der Waals surface area contributed by atoms with Gasteiger partial charge in [0.05, 0.1) is 7.11 Å². The van der Waals surface area contributed by atoms with Crippen LogP contribution in [0.2, 0.25) is 0 Å². The van der Waals surface area contributed by atoms with Crippen LogP contribution in [-0.2, 0) is 11.2 Å². The molecule has 1 saturated heterocycles. The molecule has 1 aromatic heterocycles. The number of benzene rings is 1. The lowest BCUT2D eigenvalue weighted by Crippen LogP contribution is -2.38. The second kappa shape index (κ2) is 13.6. The fourth-order valence-corrected chi connectivity index (χ4v) is 6.11. The molecule has 8 heteroatoms. The normalized spacial score (nSPS) is 20.2. The fourth-order valence-electron chi connectivity index (χ4n) is 6.11. The van der Waals surface area contributed by atoms with Crippen molar-refractivity contribution in [2.45, 2.75) is 89.3 Å². The molecular formula is C31H45FN4O3. The van der Waals surface area contributed by atoms with Crippen LogP contribution in [0.1, 0.15) is 87.4 Å². The Labute approximate surface area is 232 Å². The minimum atomic E-state index is -0.969. The van der Waals surface area contributed by atoms with Crippen LogP contribution < -0.4 is 10.1 Å². The summed E-state index contributed by atoms with van der Waals surface area (Å²) in [4.78, 5) is 21.2. The number of nitrogens with one attached hydrogen (secondary N) is 1. The quantitative estimate of drug-likeness (QED) is 0.308. The van der Waals surface area contributed by atoms with E-state index in [1.54, 1.807) is 6.07 Å². The molecule has 0 bridgehead atoms. The Hall–Kier alpha value is -2.71. The van der Waals surface area contributed by atoms with E-state index in [0.717, 1.165) is 37.2 Å². The molecule has 39 heavy (non-hydrogen) atoms. The molecule has 2 aromatic rings. The largest absolute Gasteiger partial charge is 0.493 e. The van der Waals surface area contributed by atoms with Gasteiger partial charge in [0.1, 0.15) is 11.9 Å². The molecule has 214 valence electrons. The van der Waals surface area contributed by atoms with E-state index in [2.05, 4.69) is 28.3 Å². The van der Waals surface area contributed by atoms with Crippen molar-refractivity contribution in [3.05, 3.63) is 53.0 Å². The SMILES string of the molecule is COc1c(F)cc(C(C)C)cc1C(C(=O)O)N1CC[C@@H](N(C)CCCCCC[C@H]2CCc3cccnc3N2)C1. The molecule has 3 atom stereocenters. The summed E-state index contributed by atoms with van der Waals surface area (Å²) in [5.41, 5.74) is 2.51. The molecule has 1 aromatic carbocycles. The van der Waals surface area contributed by atoms with E-state index >= 15 is 0 Å². The van der Waals surface area contributed by atoms with Crippen LogP contribution in [0.15, 0.2) is 30.5 Å². The number of aryl methyl sites for hydroxylation is 1. The standard InChI is InChI=1S/C31H45FN4O3/c1-21(2)23-18-26(29(39-4)27(32)19-23)28(31(37)38)36-17-14-25(20-36)35(3)16-8-6-5-7-11-24-13-12-22-10-9-15-33-30(22)34-24/h9-10,15,18-19,21,24-25,28H,5-8,11-14,16-17,20H2,1-4H3,(H,33,34)(H,37,38)/t24-,25+,28?/m0/s1. The number of fused-ring (bicyclic) bond motifs is 1. The number of methoxy groups -OCH3 is 1. The first-order valence-corrected chi connectivity index (χ1v) is 14.5. The molecule has 2 aliphatic rings. The van der Waals surface area contributed by atoms with Crippen molar-refractivity contribution < 1.29 is 19.0 Å². The Morgan fingerprint density at radius 3 is 2.79 bits per heavy atom. The maximum atomic E-state index is 14.8. The molecule has 0 spiro atoms. The van der Waals surface area contributed by atoms with Crippen LogP contribution in [0.4, 0.5) is 10.2 Å². The number of likely N-dealkylation sites (N-methyl/N-ethyl adjacent to an activating group) is 1. The number of pyridine rings is 1. The van der Waals surface area contributed by atoms with Crippen molar-refractivity contribution in [1.82, 2.24) is 14.8 Å². The van der Waals surface area contributed by atoms with Crippen LogP contribution in [0.3, 0.4) is 0 Å². The van der Waals surface area contributed by atoms with Crippen molar-refractivity contribution >= 4 is 11.8 Å². The van der Waals surface area contributed by atoms with Gasteiger partial charge in [-0.2, -0.15) is 0 Å². The monoisotopic (exact) mass is 540 g/mol. The van der Waals surface area contributed by atoms with Gasteiger partial charge in [0, 0.05) is 36.9 Å². The molecule has 0 saturated carbocycles. The zero-order chi connectivity index (χ0) is 27.9. The third kappa shape index (κ3) is 7.28. The second-order valence-electron chi connectivity index (χ2n) is 11.5. The lowest BCUT2D eigenvalue weighted by molar-refractivity contribution is -0.143. The van der Waals surface area contributed by atoms with Gasteiger partial charge in [-0.05, 0) is 80.9 Å². The van der Waals surface area contributed by atoms with Crippen molar-refractivity contribution in [1.29, 1.82) is 0 Å². The number of carbonyl (C=O) groups is 1. The summed E-state index contributed by atoms with van der Waals surface area (Å²) < 4.78 is 20.2. The lowest BCUT2D eigenvalue weighted by atomic mass is 9.95. The number of anilines is 1. The van der Waals surface area contributed by atoms with E-state index < -0.39 is 17.8 Å². The Balaban J connectivity index is 1.23. The molecule has 2 N–H and O–H groups in total. The van der Waals surface area contributed by atoms with Gasteiger partial charge in [-0.3, -0.25) is 9.69 Å². The van der Waals surface area contributed by atoms with E-state index in [9.17, 15) is 14.3 Å². The number of rotatable bonds is 13. The number of nitrogens with zero attached hydrogens (tertiary/aromatic N) is 3. The van der Waals surface area contributed by atoms with Gasteiger partial charge in [-0.15, -0.1) is 0 Å². The van der Waals surface area contributed by atoms with Gasteiger partial charge in [0.2, 0.25) is 0 Å². The third-order valence-electron chi connectivity index (χ3n) is 8.48. The summed E-state index contributed by atoms with van der Waals surface area (Å²) >= 11 is 0. The molecule has 7 nitrogen and oxygen atoms in total. The van der Waals surface area contributed by atoms with Crippen LogP contribution >= 0.6 is 0 Å². The first-order valence-electron chi connectivity index (χ1n) is 14.5. The molecule has 1 unspecified atom stereocenters. The number of halogens is 1. The highest BCUT2D eigenvalue weighted by Crippen LogP contribution is 2.37. The highest BCUT2D eigenvalue weighted by Gasteiger charge is 2.37. The van der Waals surface area contributed by atoms with Crippen LogP contribution in [0, 0.1) is 5.82 Å². The maximum Gasteiger partial charge on any atom is 0.325 e. The van der Waals surface area contributed by atoms with E-state index in [1.165, 1.54) is 50.8 Å². The summed E-state index contributed by atoms with van der Waals surface area (Å²) in [5, 5.41) is 13.8. The van der Waals surface area contributed by atoms with Gasteiger partial charge in [-0.25, -0.2) is 9.37 Å². The van der Waals surface area contributed by atoms with E-state index in [-0.39, 0.29) is 17.7 Å². The predicted octanol–water partition coefficient (Wildman–Crippen LogP) is 5.86. The average Bonchev–Trinajstić information content (AvgIpc) is 3.40. The van der Waals surface area contributed by atoms with E-state index in [4.69, 9.17) is 4.74 Å². The number of likely N-dealkylation sites (tertiary alicyclic amines) is 1. The fraction of sp³-hybridized carbons (Fsp3) is 0.613. The Morgan fingerprint density at radius 1 is 1.26 bits per heavy atom. The molecular weight excluding hydrogens is 495 g/mol. The van der Waals surface area contributed by atoms with E-state index in [1.807, 2.05) is 31.0 Å². The first-order chi connectivity index (χ1) is 18.8. The minimum Gasteiger partial charge on any atom is -0.493 e. The molecule has 1 fully saturated rings. The highest BCUT2D eigenvalue weighted by molar-refractivity contribution is 5.77. The summed E-state index contributed by atoms with van der Waals surface area (Å²) in [5.74, 6) is -0.291. The van der Waals surface area contributed by atoms with E-state index in [0.29, 0.717) is 24.7 Å². The average molecular weight is 541 g/mol. The number of aromatic nitrogens is 1. The molecule has 3 heterocycles. The van der Waals surface area contributed by atoms with Gasteiger partial charge in [0.15, 0.2) is 11.6 Å². The number of aliphatic carboxylic acids is 1. The summed E-state index contributed by atoms with van der Waals surface area (Å²) in [7, 11) is 3.54. The highest BCUT2D eigenvalue weighted by atomic mass is 19.1. The number of ether oxygens (including phenoxy) is 1. The van der Waals surface area contributed by atoms with Gasteiger partial charge in [-0.1, -0.05) is 39.2 Å². The number of hydrogen-bond donors (Lipinski definition) is 2. The molecule has 0 radical (unpaired) electrons. The van der Waals surface area contributed by atoms with Crippen LogP contribution in [0.25, 0.3) is 0 Å². The molecule has 2 aliphatic heterocycles. The Bertz CT molecular complexity index is 1110. The van der Waals surface area contributed by atoms with Gasteiger partial charge >= 0.3 is 5.97 Å².